The van der Waals surface area contributed by atoms with E-state index in [9.17, 15) is 14.4 Å². The van der Waals surface area contributed by atoms with Gasteiger partial charge in [-0.2, -0.15) is 0 Å². The van der Waals surface area contributed by atoms with Crippen molar-refractivity contribution in [3.8, 4) is 0 Å². The fourth-order valence-corrected chi connectivity index (χ4v) is 4.15. The van der Waals surface area contributed by atoms with Crippen LogP contribution < -0.4 is 21.9 Å². The molecule has 0 saturated carbocycles. The fraction of sp³-hybridized carbons (Fsp3) is 0.350. The second-order valence-electron chi connectivity index (χ2n) is 7.91. The number of hydrogen-bond donors (Lipinski definition) is 2. The van der Waals surface area contributed by atoms with Crippen molar-refractivity contribution in [2.24, 2.45) is 14.1 Å². The van der Waals surface area contributed by atoms with Crippen LogP contribution in [0.15, 0.2) is 39.7 Å². The maximum atomic E-state index is 12.8. The molecule has 0 bridgehead atoms. The van der Waals surface area contributed by atoms with Gasteiger partial charge in [0, 0.05) is 25.9 Å². The molecule has 0 spiro atoms. The molecule has 31 heavy (non-hydrogen) atoms. The topological polar surface area (TPSA) is 116 Å². The lowest BCUT2D eigenvalue weighted by molar-refractivity contribution is -0.118. The van der Waals surface area contributed by atoms with Crippen molar-refractivity contribution >= 4 is 40.3 Å². The monoisotopic (exact) mass is 441 g/mol. The van der Waals surface area contributed by atoms with Crippen LogP contribution in [0.1, 0.15) is 32.4 Å². The Kier molecular flexibility index (Phi) is 5.00. The molecule has 162 valence electrons. The first kappa shape index (κ1) is 20.9. The quantitative estimate of drug-likeness (QED) is 0.629. The zero-order chi connectivity index (χ0) is 22.5. The zero-order valence-corrected chi connectivity index (χ0v) is 18.6. The van der Waals surface area contributed by atoms with Gasteiger partial charge in [0.2, 0.25) is 5.91 Å². The van der Waals surface area contributed by atoms with E-state index < -0.39 is 17.3 Å². The maximum Gasteiger partial charge on any atom is 0.332 e. The van der Waals surface area contributed by atoms with Crippen LogP contribution in [0.4, 0.5) is 5.82 Å². The van der Waals surface area contributed by atoms with Crippen molar-refractivity contribution in [1.29, 1.82) is 0 Å². The van der Waals surface area contributed by atoms with E-state index in [-0.39, 0.29) is 21.9 Å². The third kappa shape index (κ3) is 3.65. The standard InChI is InChI=1S/C20H23N7O3S/c1-11(27-10-22-16-15(27)18(29)26(5)19(30)25(16)4)17(28)23-14-7-6-12(8-21-14)13-9-31-20(2,3)24-13/h6-11,24H,1-5H3,(H,21,23,28)/t11-/m1/s1. The summed E-state index contributed by atoms with van der Waals surface area (Å²) in [7, 11) is 2.93. The second kappa shape index (κ2) is 7.41. The van der Waals surface area contributed by atoms with Crippen LogP contribution in [-0.2, 0) is 18.9 Å². The lowest BCUT2D eigenvalue weighted by Crippen LogP contribution is -2.38. The number of anilines is 1. The molecule has 11 heteroatoms. The Balaban J connectivity index is 1.56. The van der Waals surface area contributed by atoms with E-state index in [1.165, 1.54) is 29.6 Å². The van der Waals surface area contributed by atoms with Crippen molar-refractivity contribution < 1.29 is 4.79 Å². The number of nitrogens with zero attached hydrogens (tertiary/aromatic N) is 5. The summed E-state index contributed by atoms with van der Waals surface area (Å²) in [5, 5.41) is 8.23. The summed E-state index contributed by atoms with van der Waals surface area (Å²) >= 11 is 1.70. The predicted octanol–water partition coefficient (Wildman–Crippen LogP) is 1.40. The molecular weight excluding hydrogens is 418 g/mol. The summed E-state index contributed by atoms with van der Waals surface area (Å²) in [6, 6.07) is 2.87. The van der Waals surface area contributed by atoms with Crippen LogP contribution >= 0.6 is 11.8 Å². The summed E-state index contributed by atoms with van der Waals surface area (Å²) in [5.74, 6) is 0.0428. The molecule has 0 saturated heterocycles. The Bertz CT molecular complexity index is 1330. The number of hydrogen-bond acceptors (Lipinski definition) is 7. The fourth-order valence-electron chi connectivity index (χ4n) is 3.37. The van der Waals surface area contributed by atoms with Gasteiger partial charge in [0.25, 0.3) is 5.56 Å². The number of aromatic nitrogens is 5. The number of carbonyl (C=O) groups is 1. The highest BCUT2D eigenvalue weighted by Crippen LogP contribution is 2.34. The SMILES string of the molecule is C[C@H](C(=O)Nc1ccc(C2=CSC(C)(C)N2)cn1)n1cnc2c1c(=O)n(C)c(=O)n2C. The van der Waals surface area contributed by atoms with Gasteiger partial charge in [0.05, 0.1) is 16.9 Å². The van der Waals surface area contributed by atoms with Gasteiger partial charge in [0.1, 0.15) is 11.9 Å². The molecule has 4 rings (SSSR count). The van der Waals surface area contributed by atoms with Gasteiger partial charge in [0.15, 0.2) is 11.2 Å². The van der Waals surface area contributed by atoms with E-state index in [1.807, 2.05) is 6.07 Å². The van der Waals surface area contributed by atoms with Crippen molar-refractivity contribution in [3.05, 3.63) is 56.5 Å². The number of rotatable bonds is 4. The molecule has 3 aromatic heterocycles. The van der Waals surface area contributed by atoms with E-state index in [4.69, 9.17) is 0 Å². The van der Waals surface area contributed by atoms with Gasteiger partial charge in [-0.3, -0.25) is 18.7 Å². The number of imidazole rings is 1. The molecule has 0 fully saturated rings. The molecule has 0 aliphatic carbocycles. The Morgan fingerprint density at radius 2 is 1.94 bits per heavy atom. The van der Waals surface area contributed by atoms with E-state index in [1.54, 1.807) is 30.9 Å². The van der Waals surface area contributed by atoms with Gasteiger partial charge in [-0.1, -0.05) is 0 Å². The summed E-state index contributed by atoms with van der Waals surface area (Å²) < 4.78 is 3.74. The molecule has 0 unspecified atom stereocenters. The molecule has 1 aliphatic rings. The highest BCUT2D eigenvalue weighted by atomic mass is 32.2. The van der Waals surface area contributed by atoms with E-state index in [0.717, 1.165) is 15.8 Å². The normalized spacial score (nSPS) is 16.1. The van der Waals surface area contributed by atoms with Gasteiger partial charge >= 0.3 is 5.69 Å². The zero-order valence-electron chi connectivity index (χ0n) is 17.8. The van der Waals surface area contributed by atoms with Crippen LogP contribution in [-0.4, -0.2) is 34.4 Å². The smallest absolute Gasteiger partial charge is 0.332 e. The van der Waals surface area contributed by atoms with Crippen LogP contribution in [0.2, 0.25) is 0 Å². The number of thioether (sulfide) groups is 1. The summed E-state index contributed by atoms with van der Waals surface area (Å²) in [4.78, 5) is 46.0. The third-order valence-electron chi connectivity index (χ3n) is 5.20. The Morgan fingerprint density at radius 1 is 1.19 bits per heavy atom. The highest BCUT2D eigenvalue weighted by Gasteiger charge is 2.25. The van der Waals surface area contributed by atoms with Crippen molar-refractivity contribution in [2.45, 2.75) is 31.7 Å². The molecule has 1 amide bonds. The average molecular weight is 442 g/mol. The third-order valence-corrected chi connectivity index (χ3v) is 6.25. The largest absolute Gasteiger partial charge is 0.370 e. The first-order valence-corrected chi connectivity index (χ1v) is 10.5. The molecule has 4 heterocycles. The molecule has 0 aromatic carbocycles. The molecule has 1 aliphatic heterocycles. The number of fused-ring (bicyclic) bond motifs is 1. The van der Waals surface area contributed by atoms with Gasteiger partial charge in [-0.15, -0.1) is 11.8 Å². The summed E-state index contributed by atoms with van der Waals surface area (Å²) in [5.41, 5.74) is 1.35. The highest BCUT2D eigenvalue weighted by molar-refractivity contribution is 8.03. The number of pyridine rings is 1. The molecule has 2 N–H and O–H groups in total. The maximum absolute atomic E-state index is 12.8. The molecular formula is C20H23N7O3S. The van der Waals surface area contributed by atoms with Crippen LogP contribution in [0.25, 0.3) is 16.9 Å². The van der Waals surface area contributed by atoms with Crippen LogP contribution in [0.5, 0.6) is 0 Å². The minimum Gasteiger partial charge on any atom is -0.370 e. The lowest BCUT2D eigenvalue weighted by atomic mass is 10.2. The summed E-state index contributed by atoms with van der Waals surface area (Å²) in [6.45, 7) is 5.84. The van der Waals surface area contributed by atoms with E-state index >= 15 is 0 Å². The van der Waals surface area contributed by atoms with Crippen molar-refractivity contribution in [2.75, 3.05) is 5.32 Å². The Labute approximate surface area is 182 Å². The molecule has 3 aromatic rings. The van der Waals surface area contributed by atoms with Gasteiger partial charge < -0.3 is 15.2 Å². The van der Waals surface area contributed by atoms with Gasteiger partial charge in [-0.25, -0.2) is 14.8 Å². The van der Waals surface area contributed by atoms with Crippen LogP contribution in [0, 0.1) is 0 Å². The number of aryl methyl sites for hydroxylation is 1. The molecule has 1 atom stereocenters. The first-order chi connectivity index (χ1) is 14.6. The van der Waals surface area contributed by atoms with Crippen molar-refractivity contribution in [3.63, 3.8) is 0 Å². The second-order valence-corrected chi connectivity index (χ2v) is 9.40. The Morgan fingerprint density at radius 3 is 2.55 bits per heavy atom. The number of nitrogens with one attached hydrogen (secondary N) is 2. The minimum absolute atomic E-state index is 0.0637. The summed E-state index contributed by atoms with van der Waals surface area (Å²) in [6.07, 6.45) is 3.09. The number of carbonyl (C=O) groups excluding carboxylic acids is 1. The van der Waals surface area contributed by atoms with Gasteiger partial charge in [-0.05, 0) is 38.3 Å². The lowest BCUT2D eigenvalue weighted by Gasteiger charge is -2.19. The number of amides is 1. The average Bonchev–Trinajstić information content (AvgIpc) is 3.34. The Hall–Kier alpha value is -3.34. The predicted molar refractivity (Wildman–Crippen MR) is 121 cm³/mol. The van der Waals surface area contributed by atoms with Crippen molar-refractivity contribution in [1.82, 2.24) is 29.0 Å². The van der Waals surface area contributed by atoms with E-state index in [2.05, 4.69) is 39.9 Å². The first-order valence-electron chi connectivity index (χ1n) is 9.65. The molecule has 10 nitrogen and oxygen atoms in total. The van der Waals surface area contributed by atoms with E-state index in [0.29, 0.717) is 5.82 Å². The van der Waals surface area contributed by atoms with Crippen LogP contribution in [0.3, 0.4) is 0 Å². The molecule has 0 radical (unpaired) electrons. The minimum atomic E-state index is -0.743.